The van der Waals surface area contributed by atoms with Gasteiger partial charge < -0.3 is 24.8 Å². The van der Waals surface area contributed by atoms with Crippen molar-refractivity contribution >= 4 is 13.6 Å². The van der Waals surface area contributed by atoms with Gasteiger partial charge in [-0.1, -0.05) is 18.9 Å². The van der Waals surface area contributed by atoms with E-state index < -0.39 is 38.9 Å². The molecule has 5 N–H and O–H groups in total. The van der Waals surface area contributed by atoms with Crippen LogP contribution in [0.5, 0.6) is 0 Å². The minimum atomic E-state index is -4.24. The van der Waals surface area contributed by atoms with E-state index in [2.05, 4.69) is 5.32 Å². The van der Waals surface area contributed by atoms with Gasteiger partial charge in [-0.15, -0.1) is 0 Å². The van der Waals surface area contributed by atoms with Gasteiger partial charge in [-0.25, -0.2) is 4.79 Å². The molecule has 0 aromatic heterocycles. The maximum absolute atomic E-state index is 11.4. The molecule has 9 nitrogen and oxygen atoms in total. The minimum absolute atomic E-state index is 0.236. The molecule has 19 heavy (non-hydrogen) atoms. The lowest BCUT2D eigenvalue weighted by molar-refractivity contribution is -0.284. The van der Waals surface area contributed by atoms with E-state index >= 15 is 0 Å². The molecule has 0 aromatic carbocycles. The number of hydroxylamine groups is 2. The Bertz CT molecular complexity index is 312. The van der Waals surface area contributed by atoms with E-state index in [0.29, 0.717) is 0 Å². The van der Waals surface area contributed by atoms with Crippen LogP contribution in [0.25, 0.3) is 0 Å². The Morgan fingerprint density at radius 1 is 1.26 bits per heavy atom. The van der Waals surface area contributed by atoms with Crippen LogP contribution in [-0.2, 0) is 14.2 Å². The molecule has 0 rings (SSSR count). The zero-order valence-corrected chi connectivity index (χ0v) is 11.8. The SMILES string of the molecule is CCC(O)N(OC(=O)CNCP(=O)(O)O)C(O)CC. The molecule has 0 radical (unpaired) electrons. The van der Waals surface area contributed by atoms with E-state index in [4.69, 9.17) is 14.6 Å². The van der Waals surface area contributed by atoms with Crippen LogP contribution in [0.1, 0.15) is 26.7 Å². The van der Waals surface area contributed by atoms with Gasteiger partial charge in [-0.3, -0.25) is 9.88 Å². The molecule has 0 bridgehead atoms. The number of carbonyl (C=O) groups is 1. The van der Waals surface area contributed by atoms with Crippen LogP contribution in [-0.4, -0.2) is 56.3 Å². The highest BCUT2D eigenvalue weighted by atomic mass is 31.2. The first-order valence-electron chi connectivity index (χ1n) is 5.81. The Balaban J connectivity index is 4.28. The molecule has 2 unspecified atom stereocenters. The lowest BCUT2D eigenvalue weighted by Crippen LogP contribution is -2.45. The highest BCUT2D eigenvalue weighted by Gasteiger charge is 2.25. The normalized spacial score (nSPS) is 15.3. The van der Waals surface area contributed by atoms with Crippen molar-refractivity contribution in [2.24, 2.45) is 0 Å². The number of nitrogens with zero attached hydrogens (tertiary/aromatic N) is 1. The van der Waals surface area contributed by atoms with Crippen molar-refractivity contribution in [2.45, 2.75) is 39.1 Å². The molecule has 0 aliphatic rings. The summed E-state index contributed by atoms with van der Waals surface area (Å²) in [5.41, 5.74) is 0. The largest absolute Gasteiger partial charge is 0.375 e. The first-order valence-corrected chi connectivity index (χ1v) is 7.61. The maximum atomic E-state index is 11.4. The van der Waals surface area contributed by atoms with Crippen LogP contribution in [0, 0.1) is 0 Å². The number of carbonyl (C=O) groups excluding carboxylic acids is 1. The summed E-state index contributed by atoms with van der Waals surface area (Å²) in [6, 6.07) is 0. The highest BCUT2D eigenvalue weighted by Crippen LogP contribution is 2.31. The van der Waals surface area contributed by atoms with Crippen LogP contribution in [0.3, 0.4) is 0 Å². The Morgan fingerprint density at radius 3 is 2.11 bits per heavy atom. The zero-order chi connectivity index (χ0) is 15.1. The van der Waals surface area contributed by atoms with Crippen molar-refractivity contribution in [3.63, 3.8) is 0 Å². The molecule has 0 aromatic rings. The van der Waals surface area contributed by atoms with Crippen LogP contribution in [0.4, 0.5) is 0 Å². The van der Waals surface area contributed by atoms with Crippen LogP contribution in [0.2, 0.25) is 0 Å². The summed E-state index contributed by atoms with van der Waals surface area (Å²) in [7, 11) is -4.24. The monoisotopic (exact) mass is 300 g/mol. The van der Waals surface area contributed by atoms with E-state index in [1.54, 1.807) is 13.8 Å². The average molecular weight is 300 g/mol. The smallest absolute Gasteiger partial charge is 0.339 e. The molecule has 0 amide bonds. The van der Waals surface area contributed by atoms with Gasteiger partial charge >= 0.3 is 13.6 Å². The van der Waals surface area contributed by atoms with Crippen molar-refractivity contribution in [1.29, 1.82) is 0 Å². The number of hydrogen-bond acceptors (Lipinski definition) is 7. The lowest BCUT2D eigenvalue weighted by atomic mass is 10.3. The Hall–Kier alpha value is -0.540. The molecule has 10 heteroatoms. The number of aliphatic hydroxyl groups excluding tert-OH is 2. The van der Waals surface area contributed by atoms with Crippen LogP contribution < -0.4 is 5.32 Å². The predicted octanol–water partition coefficient (Wildman–Crippen LogP) is -1.07. The average Bonchev–Trinajstić information content (AvgIpc) is 2.32. The molecule has 0 spiro atoms. The fourth-order valence-corrected chi connectivity index (χ4v) is 1.54. The lowest BCUT2D eigenvalue weighted by Gasteiger charge is -2.29. The second kappa shape index (κ2) is 8.60. The van der Waals surface area contributed by atoms with E-state index in [1.807, 2.05) is 0 Å². The van der Waals surface area contributed by atoms with Crippen molar-refractivity contribution in [3.05, 3.63) is 0 Å². The van der Waals surface area contributed by atoms with E-state index in [9.17, 15) is 19.6 Å². The van der Waals surface area contributed by atoms with Gasteiger partial charge in [0.15, 0.2) is 0 Å². The molecule has 0 saturated heterocycles. The summed E-state index contributed by atoms with van der Waals surface area (Å²) in [6.07, 6.45) is -2.49. The van der Waals surface area contributed by atoms with Crippen molar-refractivity contribution in [1.82, 2.24) is 10.4 Å². The predicted molar refractivity (Wildman–Crippen MR) is 65.4 cm³/mol. The Kier molecular flexibility index (Phi) is 8.35. The van der Waals surface area contributed by atoms with Gasteiger partial charge in [-0.2, -0.15) is 0 Å². The third kappa shape index (κ3) is 8.27. The number of nitrogens with one attached hydrogen (secondary N) is 1. The third-order valence-electron chi connectivity index (χ3n) is 2.11. The van der Waals surface area contributed by atoms with E-state index in [-0.39, 0.29) is 12.8 Å². The second-order valence-corrected chi connectivity index (χ2v) is 5.50. The first kappa shape index (κ1) is 18.5. The summed E-state index contributed by atoms with van der Waals surface area (Å²) >= 11 is 0. The summed E-state index contributed by atoms with van der Waals surface area (Å²) < 4.78 is 10.5. The van der Waals surface area contributed by atoms with Crippen LogP contribution >= 0.6 is 7.60 Å². The van der Waals surface area contributed by atoms with Crippen molar-refractivity contribution in [3.8, 4) is 0 Å². The van der Waals surface area contributed by atoms with Crippen LogP contribution in [0.15, 0.2) is 0 Å². The molecule has 2 atom stereocenters. The van der Waals surface area contributed by atoms with Gasteiger partial charge in [0.25, 0.3) is 0 Å². The van der Waals surface area contributed by atoms with Gasteiger partial charge in [-0.05, 0) is 12.8 Å². The van der Waals surface area contributed by atoms with Gasteiger partial charge in [0.05, 0.1) is 12.8 Å². The maximum Gasteiger partial charge on any atom is 0.339 e. The van der Waals surface area contributed by atoms with Gasteiger partial charge in [0, 0.05) is 0 Å². The van der Waals surface area contributed by atoms with Crippen molar-refractivity contribution in [2.75, 3.05) is 12.8 Å². The number of hydrogen-bond donors (Lipinski definition) is 5. The summed E-state index contributed by atoms with van der Waals surface area (Å²) in [4.78, 5) is 33.3. The molecule has 114 valence electrons. The van der Waals surface area contributed by atoms with E-state index in [1.165, 1.54) is 0 Å². The molecular formula is C9H21N2O7P. The molecule has 0 heterocycles. The standard InChI is InChI=1S/C9H21N2O7P/c1-3-7(12)11(8(13)4-2)18-9(14)5-10-6-19(15,16)17/h7-8,10,12-13H,3-6H2,1-2H3,(H2,15,16,17). The summed E-state index contributed by atoms with van der Waals surface area (Å²) in [5, 5.41) is 22.1. The fourth-order valence-electron chi connectivity index (χ4n) is 1.13. The van der Waals surface area contributed by atoms with Gasteiger partial charge in [0.1, 0.15) is 12.5 Å². The highest BCUT2D eigenvalue weighted by molar-refractivity contribution is 7.51. The van der Waals surface area contributed by atoms with Crippen molar-refractivity contribution < 1.29 is 34.2 Å². The third-order valence-corrected chi connectivity index (χ3v) is 2.75. The topological polar surface area (TPSA) is 140 Å². The molecule has 0 fully saturated rings. The molecular weight excluding hydrogens is 279 g/mol. The first-order chi connectivity index (χ1) is 8.71. The Labute approximate surface area is 111 Å². The molecule has 0 aliphatic heterocycles. The quantitative estimate of drug-likeness (QED) is 0.204. The molecule has 0 saturated carbocycles. The number of aliphatic hydroxyl groups is 2. The van der Waals surface area contributed by atoms with E-state index in [0.717, 1.165) is 5.06 Å². The molecule has 0 aliphatic carbocycles. The Morgan fingerprint density at radius 2 is 1.74 bits per heavy atom. The fraction of sp³-hybridized carbons (Fsp3) is 0.889. The summed E-state index contributed by atoms with van der Waals surface area (Å²) in [6.45, 7) is 2.83. The second-order valence-electron chi connectivity index (χ2n) is 3.85. The van der Waals surface area contributed by atoms with Gasteiger partial charge in [0.2, 0.25) is 0 Å². The summed E-state index contributed by atoms with van der Waals surface area (Å²) in [5.74, 6) is -0.867. The minimum Gasteiger partial charge on any atom is -0.375 e. The number of rotatable bonds is 9. The zero-order valence-electron chi connectivity index (χ0n) is 10.9.